The molecule has 1 aromatic carbocycles. The van der Waals surface area contributed by atoms with Crippen molar-refractivity contribution in [1.29, 1.82) is 0 Å². The number of ether oxygens (including phenoxy) is 2. The van der Waals surface area contributed by atoms with E-state index < -0.39 is 69.4 Å². The van der Waals surface area contributed by atoms with Crippen LogP contribution in [0.25, 0.3) is 0 Å². The third-order valence-corrected chi connectivity index (χ3v) is 9.26. The van der Waals surface area contributed by atoms with E-state index in [0.717, 1.165) is 12.3 Å². The predicted octanol–water partition coefficient (Wildman–Crippen LogP) is 5.37. The van der Waals surface area contributed by atoms with Gasteiger partial charge in [0, 0.05) is 26.2 Å². The fourth-order valence-electron chi connectivity index (χ4n) is 5.16. The smallest absolute Gasteiger partial charge is 0.418 e. The van der Waals surface area contributed by atoms with Crippen LogP contribution >= 0.6 is 0 Å². The third kappa shape index (κ3) is 8.41. The minimum atomic E-state index is -4.98. The number of anilines is 2. The lowest BCUT2D eigenvalue weighted by molar-refractivity contribution is -0.137. The molecule has 1 aliphatic rings. The zero-order valence-electron chi connectivity index (χ0n) is 26.6. The van der Waals surface area contributed by atoms with Crippen LogP contribution < -0.4 is 13.9 Å². The topological polar surface area (TPSA) is 125 Å². The van der Waals surface area contributed by atoms with Gasteiger partial charge in [-0.3, -0.25) is 0 Å². The molecule has 256 valence electrons. The quantitative estimate of drug-likeness (QED) is 0.234. The lowest BCUT2D eigenvalue weighted by atomic mass is 10.0. The average molecular weight is 684 g/mol. The van der Waals surface area contributed by atoms with E-state index in [-0.39, 0.29) is 29.9 Å². The van der Waals surface area contributed by atoms with Crippen LogP contribution in [-0.2, 0) is 34.1 Å². The van der Waals surface area contributed by atoms with E-state index in [4.69, 9.17) is 9.47 Å². The summed E-state index contributed by atoms with van der Waals surface area (Å²) >= 11 is 0. The number of rotatable bonds is 9. The first kappa shape index (κ1) is 35.7. The van der Waals surface area contributed by atoms with Gasteiger partial charge in [-0.15, -0.1) is 0 Å². The lowest BCUT2D eigenvalue weighted by Gasteiger charge is -2.38. The maximum atomic E-state index is 14.5. The van der Waals surface area contributed by atoms with Crippen molar-refractivity contribution in [1.82, 2.24) is 14.9 Å². The molecule has 0 radical (unpaired) electrons. The lowest BCUT2D eigenvalue weighted by Crippen LogP contribution is -2.47. The van der Waals surface area contributed by atoms with Crippen molar-refractivity contribution >= 4 is 27.6 Å². The van der Waals surface area contributed by atoms with Crippen molar-refractivity contribution in [3.05, 3.63) is 71.3 Å². The predicted molar refractivity (Wildman–Crippen MR) is 165 cm³/mol. The van der Waals surface area contributed by atoms with Gasteiger partial charge in [-0.2, -0.15) is 26.0 Å². The molecule has 47 heavy (non-hydrogen) atoms. The molecule has 0 saturated carbocycles. The number of likely N-dealkylation sites (tertiary alicyclic amines) is 1. The molecule has 0 bridgehead atoms. The summed E-state index contributed by atoms with van der Waals surface area (Å²) in [5.41, 5.74) is -1.74. The number of aliphatic hydroxyl groups is 1. The maximum absolute atomic E-state index is 14.5. The van der Waals surface area contributed by atoms with E-state index in [1.807, 2.05) is 0 Å². The molecule has 0 atom stereocenters. The SMILES string of the molecule is COc1ccc(CN(c2cccc(F)n2)S(=O)(=O)c2cc(C(F)(F)F)c(N(C)C3CCN(C(=O)OC(C)(C)C)CC3)cn2)c(CO)c1. The van der Waals surface area contributed by atoms with Gasteiger partial charge < -0.3 is 24.4 Å². The van der Waals surface area contributed by atoms with Gasteiger partial charge in [0.2, 0.25) is 5.95 Å². The first-order valence-corrected chi connectivity index (χ1v) is 16.1. The summed E-state index contributed by atoms with van der Waals surface area (Å²) in [5.74, 6) is -1.04. The average Bonchev–Trinajstić information content (AvgIpc) is 3.01. The van der Waals surface area contributed by atoms with Crippen LogP contribution in [0.5, 0.6) is 5.75 Å². The summed E-state index contributed by atoms with van der Waals surface area (Å²) in [7, 11) is -2.03. The monoisotopic (exact) mass is 683 g/mol. The van der Waals surface area contributed by atoms with Crippen molar-refractivity contribution in [2.45, 2.75) is 69.6 Å². The fraction of sp³-hybridized carbons (Fsp3) is 0.452. The maximum Gasteiger partial charge on any atom is 0.418 e. The number of hydrogen-bond donors (Lipinski definition) is 1. The Kier molecular flexibility index (Phi) is 10.5. The highest BCUT2D eigenvalue weighted by atomic mass is 32.2. The number of amides is 1. The standard InChI is InChI=1S/C31H37F4N5O6S/c1-30(2,3)46-29(42)39-13-11-22(12-14-39)38(4)25-17-36-28(16-24(25)31(33,34)35)47(43,44)40(27-8-6-7-26(32)37-27)18-20-9-10-23(45-5)15-21(20)19-41/h6-10,15-17,22,41H,11-14,18-19H2,1-5H3. The fourth-order valence-corrected chi connectivity index (χ4v) is 6.50. The van der Waals surface area contributed by atoms with E-state index in [2.05, 4.69) is 9.97 Å². The molecule has 11 nitrogen and oxygen atoms in total. The van der Waals surface area contributed by atoms with Gasteiger partial charge in [-0.05, 0) is 75.1 Å². The number of benzene rings is 1. The van der Waals surface area contributed by atoms with Gasteiger partial charge in [0.1, 0.15) is 17.2 Å². The summed E-state index contributed by atoms with van der Waals surface area (Å²) in [6.07, 6.45) is -3.97. The van der Waals surface area contributed by atoms with Crippen molar-refractivity contribution in [2.75, 3.05) is 36.5 Å². The van der Waals surface area contributed by atoms with Gasteiger partial charge in [0.05, 0.1) is 37.7 Å². The molecule has 2 aromatic heterocycles. The number of hydrogen-bond acceptors (Lipinski definition) is 9. The highest BCUT2D eigenvalue weighted by Crippen LogP contribution is 2.39. The third-order valence-electron chi connectivity index (χ3n) is 7.62. The Morgan fingerprint density at radius 3 is 2.34 bits per heavy atom. The number of pyridine rings is 2. The molecule has 0 aliphatic carbocycles. The summed E-state index contributed by atoms with van der Waals surface area (Å²) in [6.45, 7) is 4.69. The number of aromatic nitrogens is 2. The van der Waals surface area contributed by atoms with Crippen LogP contribution in [0.3, 0.4) is 0 Å². The van der Waals surface area contributed by atoms with Crippen LogP contribution in [0.15, 0.2) is 53.7 Å². The second-order valence-corrected chi connectivity index (χ2v) is 13.8. The zero-order chi connectivity index (χ0) is 34.7. The van der Waals surface area contributed by atoms with E-state index >= 15 is 0 Å². The molecular formula is C31H37F4N5O6S. The van der Waals surface area contributed by atoms with Gasteiger partial charge in [0.15, 0.2) is 5.03 Å². The number of sulfonamides is 1. The second kappa shape index (κ2) is 13.9. The van der Waals surface area contributed by atoms with Gasteiger partial charge in [-0.1, -0.05) is 12.1 Å². The Balaban J connectivity index is 1.69. The van der Waals surface area contributed by atoms with E-state index in [1.54, 1.807) is 20.8 Å². The minimum Gasteiger partial charge on any atom is -0.497 e. The van der Waals surface area contributed by atoms with Crippen molar-refractivity contribution < 1.29 is 45.4 Å². The van der Waals surface area contributed by atoms with Gasteiger partial charge >= 0.3 is 12.3 Å². The molecule has 1 N–H and O–H groups in total. The Morgan fingerprint density at radius 2 is 1.77 bits per heavy atom. The van der Waals surface area contributed by atoms with Gasteiger partial charge in [0.25, 0.3) is 10.0 Å². The summed E-state index contributed by atoms with van der Waals surface area (Å²) in [6, 6.07) is 7.89. The highest BCUT2D eigenvalue weighted by molar-refractivity contribution is 7.92. The highest BCUT2D eigenvalue weighted by Gasteiger charge is 2.39. The zero-order valence-corrected chi connectivity index (χ0v) is 27.4. The van der Waals surface area contributed by atoms with Crippen LogP contribution in [0.1, 0.15) is 50.3 Å². The largest absolute Gasteiger partial charge is 0.497 e. The molecule has 4 rings (SSSR count). The Labute approximate surface area is 270 Å². The molecular weight excluding hydrogens is 646 g/mol. The molecule has 1 aliphatic heterocycles. The van der Waals surface area contributed by atoms with E-state index in [1.165, 1.54) is 54.3 Å². The van der Waals surface area contributed by atoms with Crippen LogP contribution in [0.4, 0.5) is 33.9 Å². The number of nitrogens with zero attached hydrogens (tertiary/aromatic N) is 5. The molecule has 0 unspecified atom stereocenters. The van der Waals surface area contributed by atoms with E-state index in [9.17, 15) is 35.9 Å². The number of halogens is 4. The first-order valence-electron chi connectivity index (χ1n) is 14.6. The number of piperidine rings is 1. The Bertz CT molecular complexity index is 1690. The number of carbonyl (C=O) groups excluding carboxylic acids is 1. The molecule has 0 spiro atoms. The number of alkyl halides is 3. The summed E-state index contributed by atoms with van der Waals surface area (Å²) in [4.78, 5) is 23.0. The number of carbonyl (C=O) groups is 1. The van der Waals surface area contributed by atoms with Crippen molar-refractivity contribution in [3.8, 4) is 5.75 Å². The van der Waals surface area contributed by atoms with Crippen LogP contribution in [-0.4, -0.2) is 73.4 Å². The molecule has 1 amide bonds. The van der Waals surface area contributed by atoms with Crippen molar-refractivity contribution in [2.24, 2.45) is 0 Å². The summed E-state index contributed by atoms with van der Waals surface area (Å²) in [5, 5.41) is 8.98. The van der Waals surface area contributed by atoms with Crippen LogP contribution in [0.2, 0.25) is 0 Å². The number of aliphatic hydroxyl groups excluding tert-OH is 1. The minimum absolute atomic E-state index is 0.252. The molecule has 1 fully saturated rings. The molecule has 1 saturated heterocycles. The second-order valence-electron chi connectivity index (χ2n) is 12.0. The summed E-state index contributed by atoms with van der Waals surface area (Å²) < 4.78 is 97.0. The van der Waals surface area contributed by atoms with E-state index in [0.29, 0.717) is 29.0 Å². The number of methoxy groups -OCH3 is 1. The molecule has 3 heterocycles. The molecule has 3 aromatic rings. The molecule has 16 heteroatoms. The Morgan fingerprint density at radius 1 is 1.09 bits per heavy atom. The Hall–Kier alpha value is -4.18. The van der Waals surface area contributed by atoms with Gasteiger partial charge in [-0.25, -0.2) is 19.1 Å². The first-order chi connectivity index (χ1) is 21.9. The van der Waals surface area contributed by atoms with Crippen molar-refractivity contribution in [3.63, 3.8) is 0 Å². The normalized spacial score (nSPS) is 14.6. The van der Waals surface area contributed by atoms with Crippen LogP contribution in [0, 0.1) is 5.95 Å².